The van der Waals surface area contributed by atoms with Crippen molar-refractivity contribution >= 4 is 44.6 Å². The first-order valence-corrected chi connectivity index (χ1v) is 10.2. The van der Waals surface area contributed by atoms with Crippen molar-refractivity contribution in [2.24, 2.45) is 0 Å². The summed E-state index contributed by atoms with van der Waals surface area (Å²) in [6.45, 7) is 3.72. The Balaban J connectivity index is 1.78. The molecule has 0 radical (unpaired) electrons. The van der Waals surface area contributed by atoms with Gasteiger partial charge >= 0.3 is 0 Å². The van der Waals surface area contributed by atoms with Crippen LogP contribution in [0.3, 0.4) is 0 Å². The Morgan fingerprint density at radius 2 is 1.55 bits per heavy atom. The summed E-state index contributed by atoms with van der Waals surface area (Å²) in [5, 5.41) is 13.9. The number of sulfonamides is 1. The second-order valence-electron chi connectivity index (χ2n) is 6.15. The third-order valence-corrected chi connectivity index (χ3v) is 5.50. The third kappa shape index (κ3) is 4.98. The number of nitro benzene ring substituents is 1. The van der Waals surface area contributed by atoms with E-state index in [4.69, 9.17) is 11.6 Å². The number of hydrogen-bond donors (Lipinski definition) is 2. The number of aryl methyl sites for hydroxylation is 2. The van der Waals surface area contributed by atoms with Crippen LogP contribution in [0.4, 0.5) is 23.0 Å². The number of benzene rings is 2. The highest BCUT2D eigenvalue weighted by Crippen LogP contribution is 2.28. The molecule has 29 heavy (non-hydrogen) atoms. The molecule has 9 nitrogen and oxygen atoms in total. The molecular formula is C18H16ClN5O4S. The molecule has 0 saturated heterocycles. The van der Waals surface area contributed by atoms with Gasteiger partial charge < -0.3 is 5.32 Å². The van der Waals surface area contributed by atoms with Gasteiger partial charge in [-0.05, 0) is 56.3 Å². The van der Waals surface area contributed by atoms with E-state index in [1.165, 1.54) is 12.1 Å². The highest BCUT2D eigenvalue weighted by Gasteiger charge is 2.20. The SMILES string of the molecule is Cc1cc(C)nc(Nc2ccc(NS(=O)(=O)c3ccc(Cl)c([N+](=O)[O-])c3)cc2)n1. The lowest BCUT2D eigenvalue weighted by atomic mass is 10.3. The summed E-state index contributed by atoms with van der Waals surface area (Å²) in [5.74, 6) is 0.435. The Morgan fingerprint density at radius 1 is 0.966 bits per heavy atom. The zero-order chi connectivity index (χ0) is 21.2. The summed E-state index contributed by atoms with van der Waals surface area (Å²) in [7, 11) is -4.03. The van der Waals surface area contributed by atoms with Gasteiger partial charge in [0.1, 0.15) is 5.02 Å². The molecule has 0 spiro atoms. The van der Waals surface area contributed by atoms with Gasteiger partial charge in [0.2, 0.25) is 5.95 Å². The summed E-state index contributed by atoms with van der Waals surface area (Å²) in [6.07, 6.45) is 0. The van der Waals surface area contributed by atoms with Crippen LogP contribution in [0, 0.1) is 24.0 Å². The van der Waals surface area contributed by atoms with Gasteiger partial charge in [-0.1, -0.05) is 11.6 Å². The first-order chi connectivity index (χ1) is 13.6. The fourth-order valence-electron chi connectivity index (χ4n) is 2.55. The predicted molar refractivity (Wildman–Crippen MR) is 110 cm³/mol. The minimum Gasteiger partial charge on any atom is -0.324 e. The maximum Gasteiger partial charge on any atom is 0.289 e. The molecule has 1 heterocycles. The van der Waals surface area contributed by atoms with Gasteiger partial charge in [-0.25, -0.2) is 18.4 Å². The number of anilines is 3. The van der Waals surface area contributed by atoms with Crippen molar-refractivity contribution in [3.8, 4) is 0 Å². The number of nitrogens with one attached hydrogen (secondary N) is 2. The van der Waals surface area contributed by atoms with E-state index in [0.29, 0.717) is 11.6 Å². The molecule has 0 fully saturated rings. The van der Waals surface area contributed by atoms with Crippen molar-refractivity contribution in [3.63, 3.8) is 0 Å². The second kappa shape index (κ2) is 8.02. The first-order valence-electron chi connectivity index (χ1n) is 8.30. The van der Waals surface area contributed by atoms with Crippen LogP contribution in [0.25, 0.3) is 0 Å². The zero-order valence-electron chi connectivity index (χ0n) is 15.4. The van der Waals surface area contributed by atoms with Gasteiger partial charge in [-0.2, -0.15) is 0 Å². The van der Waals surface area contributed by atoms with Gasteiger partial charge in [-0.3, -0.25) is 14.8 Å². The van der Waals surface area contributed by atoms with E-state index in [1.54, 1.807) is 24.3 Å². The lowest BCUT2D eigenvalue weighted by molar-refractivity contribution is -0.384. The van der Waals surface area contributed by atoms with Gasteiger partial charge in [0.25, 0.3) is 15.7 Å². The summed E-state index contributed by atoms with van der Waals surface area (Å²) in [6, 6.07) is 11.5. The topological polar surface area (TPSA) is 127 Å². The molecule has 3 aromatic rings. The smallest absolute Gasteiger partial charge is 0.289 e. The molecule has 1 aromatic heterocycles. The van der Waals surface area contributed by atoms with Crippen molar-refractivity contribution in [1.82, 2.24) is 9.97 Å². The first kappa shape index (κ1) is 20.5. The van der Waals surface area contributed by atoms with E-state index in [2.05, 4.69) is 20.0 Å². The fourth-order valence-corrected chi connectivity index (χ4v) is 3.81. The highest BCUT2D eigenvalue weighted by atomic mass is 35.5. The van der Waals surface area contributed by atoms with Crippen LogP contribution < -0.4 is 10.0 Å². The van der Waals surface area contributed by atoms with E-state index in [-0.39, 0.29) is 15.6 Å². The minimum atomic E-state index is -4.03. The molecule has 0 bridgehead atoms. The van der Waals surface area contributed by atoms with Crippen LogP contribution in [0.1, 0.15) is 11.4 Å². The number of nitrogens with zero attached hydrogens (tertiary/aromatic N) is 3. The van der Waals surface area contributed by atoms with Crippen molar-refractivity contribution in [2.75, 3.05) is 10.0 Å². The number of hydrogen-bond acceptors (Lipinski definition) is 7. The molecule has 2 aromatic carbocycles. The van der Waals surface area contributed by atoms with Crippen LogP contribution >= 0.6 is 11.6 Å². The number of nitro groups is 1. The highest BCUT2D eigenvalue weighted by molar-refractivity contribution is 7.92. The maximum atomic E-state index is 12.5. The molecule has 0 unspecified atom stereocenters. The molecule has 11 heteroatoms. The molecule has 2 N–H and O–H groups in total. The Hall–Kier alpha value is -3.24. The molecular weight excluding hydrogens is 418 g/mol. The largest absolute Gasteiger partial charge is 0.324 e. The molecule has 0 atom stereocenters. The molecule has 0 amide bonds. The predicted octanol–water partition coefficient (Wildman–Crippen LogP) is 4.20. The van der Waals surface area contributed by atoms with E-state index >= 15 is 0 Å². The number of rotatable bonds is 6. The zero-order valence-corrected chi connectivity index (χ0v) is 17.0. The van der Waals surface area contributed by atoms with Crippen LogP contribution in [0.2, 0.25) is 5.02 Å². The minimum absolute atomic E-state index is 0.141. The number of aromatic nitrogens is 2. The summed E-state index contributed by atoms with van der Waals surface area (Å²) in [4.78, 5) is 18.5. The van der Waals surface area contributed by atoms with E-state index < -0.39 is 20.6 Å². The molecule has 0 saturated carbocycles. The van der Waals surface area contributed by atoms with Crippen LogP contribution in [0.5, 0.6) is 0 Å². The van der Waals surface area contributed by atoms with Gasteiger partial charge in [0.05, 0.1) is 9.82 Å². The Kier molecular flexibility index (Phi) is 5.66. The normalized spacial score (nSPS) is 11.1. The molecule has 0 aliphatic heterocycles. The molecule has 3 rings (SSSR count). The second-order valence-corrected chi connectivity index (χ2v) is 8.24. The molecule has 0 aliphatic rings. The third-order valence-electron chi connectivity index (χ3n) is 3.80. The maximum absolute atomic E-state index is 12.5. The average Bonchev–Trinajstić information content (AvgIpc) is 2.62. The van der Waals surface area contributed by atoms with E-state index in [0.717, 1.165) is 17.5 Å². The Morgan fingerprint density at radius 3 is 2.14 bits per heavy atom. The van der Waals surface area contributed by atoms with Crippen LogP contribution in [-0.4, -0.2) is 23.3 Å². The fraction of sp³-hybridized carbons (Fsp3) is 0.111. The van der Waals surface area contributed by atoms with Gasteiger partial charge in [0.15, 0.2) is 0 Å². The van der Waals surface area contributed by atoms with Gasteiger partial charge in [-0.15, -0.1) is 0 Å². The van der Waals surface area contributed by atoms with E-state index in [9.17, 15) is 18.5 Å². The summed E-state index contributed by atoms with van der Waals surface area (Å²) < 4.78 is 27.4. The molecule has 150 valence electrons. The van der Waals surface area contributed by atoms with Crippen molar-refractivity contribution in [3.05, 3.63) is 75.1 Å². The lowest BCUT2D eigenvalue weighted by Crippen LogP contribution is -2.13. The van der Waals surface area contributed by atoms with Crippen LogP contribution in [0.15, 0.2) is 53.4 Å². The van der Waals surface area contributed by atoms with Crippen LogP contribution in [-0.2, 0) is 10.0 Å². The van der Waals surface area contributed by atoms with Crippen molar-refractivity contribution < 1.29 is 13.3 Å². The van der Waals surface area contributed by atoms with Gasteiger partial charge in [0, 0.05) is 28.8 Å². The molecule has 0 aliphatic carbocycles. The quantitative estimate of drug-likeness (QED) is 0.440. The Labute approximate surface area is 172 Å². The monoisotopic (exact) mass is 433 g/mol. The summed E-state index contributed by atoms with van der Waals surface area (Å²) in [5.41, 5.74) is 2.11. The summed E-state index contributed by atoms with van der Waals surface area (Å²) >= 11 is 5.73. The number of halogens is 1. The average molecular weight is 434 g/mol. The standard InChI is InChI=1S/C18H16ClN5O4S/c1-11-9-12(2)21-18(20-11)22-13-3-5-14(6-4-13)23-29(27,28)15-7-8-16(19)17(10-15)24(25)26/h3-10,23H,1-2H3,(H,20,21,22). The lowest BCUT2D eigenvalue weighted by Gasteiger charge is -2.10. The Bertz CT molecular complexity index is 1160. The van der Waals surface area contributed by atoms with Crippen molar-refractivity contribution in [1.29, 1.82) is 0 Å². The van der Waals surface area contributed by atoms with E-state index in [1.807, 2.05) is 19.9 Å². The van der Waals surface area contributed by atoms with Crippen molar-refractivity contribution in [2.45, 2.75) is 18.7 Å².